The molecule has 3 aromatic carbocycles. The van der Waals surface area contributed by atoms with Crippen LogP contribution in [0, 0.1) is 0 Å². The van der Waals surface area contributed by atoms with Crippen LogP contribution in [0.5, 0.6) is 11.5 Å². The van der Waals surface area contributed by atoms with Gasteiger partial charge in [0.2, 0.25) is 0 Å². The molecule has 1 amide bonds. The van der Waals surface area contributed by atoms with E-state index in [9.17, 15) is 4.79 Å². The van der Waals surface area contributed by atoms with Crippen molar-refractivity contribution in [1.29, 1.82) is 0 Å². The van der Waals surface area contributed by atoms with Crippen molar-refractivity contribution in [3.05, 3.63) is 76.6 Å². The van der Waals surface area contributed by atoms with Crippen molar-refractivity contribution in [3.63, 3.8) is 0 Å². The average Bonchev–Trinajstić information content (AvgIpc) is 3.25. The van der Waals surface area contributed by atoms with Gasteiger partial charge in [-0.1, -0.05) is 29.8 Å². The number of anilines is 3. The van der Waals surface area contributed by atoms with Crippen molar-refractivity contribution < 1.29 is 14.3 Å². The zero-order valence-electron chi connectivity index (χ0n) is 17.8. The normalized spacial score (nSPS) is 10.5. The number of rotatable bonds is 6. The molecule has 0 aliphatic carbocycles. The number of amides is 1. The van der Waals surface area contributed by atoms with Crippen molar-refractivity contribution in [1.82, 2.24) is 0 Å². The second kappa shape index (κ2) is 10.1. The minimum atomic E-state index is -0.141. The molecule has 0 aliphatic heterocycles. The molecule has 0 bridgehead atoms. The third-order valence-electron chi connectivity index (χ3n) is 4.77. The van der Waals surface area contributed by atoms with Gasteiger partial charge in [-0.05, 0) is 60.1 Å². The van der Waals surface area contributed by atoms with Crippen LogP contribution in [0.15, 0.2) is 66.7 Å². The van der Waals surface area contributed by atoms with Crippen LogP contribution in [-0.4, -0.2) is 25.2 Å². The minimum absolute atomic E-state index is 0.141. The molecule has 33 heavy (non-hydrogen) atoms. The number of halogens is 1. The third kappa shape index (κ3) is 5.36. The van der Waals surface area contributed by atoms with Crippen LogP contribution in [0.3, 0.4) is 0 Å². The Balaban J connectivity index is 1.39. The standard InChI is InChI=1S/C24H20ClN3O3S2/c1-30-19-13-20(31-2)18(12-17(19)25)28-24(32)27-16-9-7-15(8-10-16)26-23(29)22-11-14-5-3-4-6-21(14)33-22/h3-13H,1-2H3,(H,26,29)(H2,27,28,32). The number of carbonyl (C=O) groups excluding carboxylic acids is 1. The van der Waals surface area contributed by atoms with Crippen molar-refractivity contribution in [3.8, 4) is 11.5 Å². The number of nitrogens with one attached hydrogen (secondary N) is 3. The first-order chi connectivity index (χ1) is 16.0. The first-order valence-electron chi connectivity index (χ1n) is 9.86. The number of hydrogen-bond donors (Lipinski definition) is 3. The molecule has 1 heterocycles. The molecule has 0 unspecified atom stereocenters. The number of thiocarbonyl (C=S) groups is 1. The van der Waals surface area contributed by atoms with Crippen molar-refractivity contribution in [2.45, 2.75) is 0 Å². The summed E-state index contributed by atoms with van der Waals surface area (Å²) in [5, 5.41) is 10.9. The summed E-state index contributed by atoms with van der Waals surface area (Å²) in [5.41, 5.74) is 2.05. The Morgan fingerprint density at radius 3 is 2.21 bits per heavy atom. The van der Waals surface area contributed by atoms with Crippen LogP contribution >= 0.6 is 35.2 Å². The van der Waals surface area contributed by atoms with E-state index in [1.165, 1.54) is 18.4 Å². The zero-order chi connectivity index (χ0) is 23.4. The van der Waals surface area contributed by atoms with Gasteiger partial charge in [-0.2, -0.15) is 0 Å². The molecule has 0 fully saturated rings. The van der Waals surface area contributed by atoms with Crippen molar-refractivity contribution in [2.75, 3.05) is 30.2 Å². The quantitative estimate of drug-likeness (QED) is 0.259. The van der Waals surface area contributed by atoms with E-state index in [0.717, 1.165) is 15.8 Å². The Morgan fingerprint density at radius 1 is 0.879 bits per heavy atom. The van der Waals surface area contributed by atoms with Crippen LogP contribution in [0.4, 0.5) is 17.1 Å². The van der Waals surface area contributed by atoms with Gasteiger partial charge < -0.3 is 25.4 Å². The second-order valence-corrected chi connectivity index (χ2v) is 8.85. The van der Waals surface area contributed by atoms with Gasteiger partial charge in [0, 0.05) is 22.1 Å². The van der Waals surface area contributed by atoms with Crippen LogP contribution in [-0.2, 0) is 0 Å². The Hall–Kier alpha value is -3.33. The lowest BCUT2D eigenvalue weighted by atomic mass is 10.2. The van der Waals surface area contributed by atoms with E-state index in [1.54, 1.807) is 31.4 Å². The van der Waals surface area contributed by atoms with E-state index in [1.807, 2.05) is 42.5 Å². The first kappa shape index (κ1) is 22.8. The van der Waals surface area contributed by atoms with Gasteiger partial charge >= 0.3 is 0 Å². The predicted molar refractivity (Wildman–Crippen MR) is 141 cm³/mol. The maximum absolute atomic E-state index is 12.6. The zero-order valence-corrected chi connectivity index (χ0v) is 20.2. The summed E-state index contributed by atoms with van der Waals surface area (Å²) < 4.78 is 11.7. The molecule has 0 spiro atoms. The van der Waals surface area contributed by atoms with Crippen molar-refractivity contribution >= 4 is 73.3 Å². The van der Waals surface area contributed by atoms with Gasteiger partial charge in [0.25, 0.3) is 5.91 Å². The molecule has 0 aliphatic rings. The maximum atomic E-state index is 12.6. The third-order valence-corrected chi connectivity index (χ3v) is 6.39. The highest BCUT2D eigenvalue weighted by Gasteiger charge is 2.12. The SMILES string of the molecule is COc1cc(OC)c(NC(=S)Nc2ccc(NC(=O)c3cc4ccccc4s3)cc2)cc1Cl. The number of fused-ring (bicyclic) bond motifs is 1. The predicted octanol–water partition coefficient (Wildman–Crippen LogP) is 6.63. The van der Waals surface area contributed by atoms with E-state index in [0.29, 0.717) is 37.9 Å². The van der Waals surface area contributed by atoms with Crippen LogP contribution in [0.2, 0.25) is 5.02 Å². The number of ether oxygens (including phenoxy) is 2. The molecule has 1 aromatic heterocycles. The second-order valence-electron chi connectivity index (χ2n) is 6.95. The molecule has 0 radical (unpaired) electrons. The summed E-state index contributed by atoms with van der Waals surface area (Å²) in [7, 11) is 3.09. The smallest absolute Gasteiger partial charge is 0.265 e. The fourth-order valence-electron chi connectivity index (χ4n) is 3.17. The fraction of sp³-hybridized carbons (Fsp3) is 0.0833. The summed E-state index contributed by atoms with van der Waals surface area (Å²) in [6, 6.07) is 20.4. The molecule has 3 N–H and O–H groups in total. The Labute approximate surface area is 205 Å². The monoisotopic (exact) mass is 497 g/mol. The molecule has 168 valence electrons. The van der Waals surface area contributed by atoms with Gasteiger partial charge in [0.1, 0.15) is 11.5 Å². The van der Waals surface area contributed by atoms with Gasteiger partial charge in [0.05, 0.1) is 29.8 Å². The van der Waals surface area contributed by atoms with Gasteiger partial charge in [-0.15, -0.1) is 11.3 Å². The summed E-state index contributed by atoms with van der Waals surface area (Å²) in [6.07, 6.45) is 0. The van der Waals surface area contributed by atoms with Crippen LogP contribution in [0.25, 0.3) is 10.1 Å². The van der Waals surface area contributed by atoms with Crippen molar-refractivity contribution in [2.24, 2.45) is 0 Å². The molecular weight excluding hydrogens is 478 g/mol. The highest BCUT2D eigenvalue weighted by Crippen LogP contribution is 2.36. The largest absolute Gasteiger partial charge is 0.495 e. The van der Waals surface area contributed by atoms with Crippen LogP contribution < -0.4 is 25.4 Å². The molecule has 0 atom stereocenters. The molecular formula is C24H20ClN3O3S2. The lowest BCUT2D eigenvalue weighted by Gasteiger charge is -2.15. The van der Waals surface area contributed by atoms with E-state index in [4.69, 9.17) is 33.3 Å². The fourth-order valence-corrected chi connectivity index (χ4v) is 4.59. The summed E-state index contributed by atoms with van der Waals surface area (Å²) in [6.45, 7) is 0. The first-order valence-corrected chi connectivity index (χ1v) is 11.5. The highest BCUT2D eigenvalue weighted by molar-refractivity contribution is 7.80. The lowest BCUT2D eigenvalue weighted by molar-refractivity contribution is 0.103. The van der Waals surface area contributed by atoms with Gasteiger partial charge in [-0.25, -0.2) is 0 Å². The molecule has 0 saturated heterocycles. The maximum Gasteiger partial charge on any atom is 0.265 e. The summed E-state index contributed by atoms with van der Waals surface area (Å²) in [4.78, 5) is 13.3. The van der Waals surface area contributed by atoms with E-state index < -0.39 is 0 Å². The number of carbonyl (C=O) groups is 1. The van der Waals surface area contributed by atoms with E-state index >= 15 is 0 Å². The Bertz CT molecular complexity index is 1290. The van der Waals surface area contributed by atoms with E-state index in [-0.39, 0.29) is 5.91 Å². The number of thiophene rings is 1. The molecule has 6 nitrogen and oxygen atoms in total. The number of methoxy groups -OCH3 is 2. The highest BCUT2D eigenvalue weighted by atomic mass is 35.5. The van der Waals surface area contributed by atoms with E-state index in [2.05, 4.69) is 16.0 Å². The Kier molecular flexibility index (Phi) is 6.98. The topological polar surface area (TPSA) is 71.6 Å². The van der Waals surface area contributed by atoms with Gasteiger partial charge in [-0.3, -0.25) is 4.79 Å². The molecule has 4 aromatic rings. The molecule has 9 heteroatoms. The van der Waals surface area contributed by atoms with Gasteiger partial charge in [0.15, 0.2) is 5.11 Å². The molecule has 4 rings (SSSR count). The number of benzene rings is 3. The average molecular weight is 498 g/mol. The molecule has 0 saturated carbocycles. The van der Waals surface area contributed by atoms with Crippen LogP contribution in [0.1, 0.15) is 9.67 Å². The summed E-state index contributed by atoms with van der Waals surface area (Å²) >= 11 is 13.1. The number of hydrogen-bond acceptors (Lipinski definition) is 5. The minimum Gasteiger partial charge on any atom is -0.495 e. The lowest BCUT2D eigenvalue weighted by Crippen LogP contribution is -2.19. The summed E-state index contributed by atoms with van der Waals surface area (Å²) in [5.74, 6) is 0.906. The Morgan fingerprint density at radius 2 is 1.55 bits per heavy atom.